The maximum absolute atomic E-state index is 6.73. The molecule has 0 fully saturated rings. The van der Waals surface area contributed by atoms with E-state index in [4.69, 9.17) is 11.1 Å². The van der Waals surface area contributed by atoms with E-state index in [9.17, 15) is 0 Å². The summed E-state index contributed by atoms with van der Waals surface area (Å²) in [5.74, 6) is 0. The van der Waals surface area contributed by atoms with E-state index >= 15 is 0 Å². The van der Waals surface area contributed by atoms with Crippen molar-refractivity contribution < 1.29 is 0 Å². The molecule has 0 radical (unpaired) electrons. The van der Waals surface area contributed by atoms with Crippen LogP contribution >= 0.6 is 11.1 Å². The molecule has 0 bridgehead atoms. The molecule has 0 heterocycles. The van der Waals surface area contributed by atoms with Crippen molar-refractivity contribution in [1.29, 1.82) is 0 Å². The molecule has 0 saturated heterocycles. The average molecular weight is 357 g/mol. The Kier molecular flexibility index (Phi) is 4.20. The normalized spacial score (nSPS) is 17.4. The van der Waals surface area contributed by atoms with Crippen LogP contribution in [0.1, 0.15) is 16.7 Å². The van der Waals surface area contributed by atoms with Crippen molar-refractivity contribution in [3.8, 4) is 11.1 Å². The maximum atomic E-state index is 6.73. The Balaban J connectivity index is 2.03. The molecule has 0 aliphatic heterocycles. The van der Waals surface area contributed by atoms with Crippen molar-refractivity contribution in [2.24, 2.45) is 0 Å². The topological polar surface area (TPSA) is 0 Å². The van der Waals surface area contributed by atoms with Gasteiger partial charge in [-0.2, -0.15) is 11.1 Å². The summed E-state index contributed by atoms with van der Waals surface area (Å²) in [4.78, 5) is 0. The summed E-state index contributed by atoms with van der Waals surface area (Å²) in [7, 11) is -2.98. The summed E-state index contributed by atoms with van der Waals surface area (Å²) in [6.45, 7) is 11.6. The number of halogens is 1. The molecule has 2 aromatic rings. The second-order valence-corrected chi connectivity index (χ2v) is 19.8. The predicted octanol–water partition coefficient (Wildman–Crippen LogP) is 5.99. The minimum Gasteiger partial charge on any atom is -0.167 e. The van der Waals surface area contributed by atoms with Crippen LogP contribution in [0.25, 0.3) is 17.2 Å². The lowest BCUT2D eigenvalue weighted by molar-refractivity contribution is 1.19. The largest absolute Gasteiger partial charge is 0.167 e. The van der Waals surface area contributed by atoms with E-state index in [0.29, 0.717) is 5.54 Å². The van der Waals surface area contributed by atoms with Gasteiger partial charge in [0.1, 0.15) is 0 Å². The van der Waals surface area contributed by atoms with Crippen molar-refractivity contribution >= 4 is 37.8 Å². The van der Waals surface area contributed by atoms with E-state index < -0.39 is 15.5 Å². The third-order valence-electron chi connectivity index (χ3n) is 4.73. The SMILES string of the molecule is C[Si](C)(C)c1ccc(-c2cccc3c2C=CC3[Si](C)(C)Cl)cc1. The zero-order chi connectivity index (χ0) is 16.8. The van der Waals surface area contributed by atoms with Crippen molar-refractivity contribution in [3.05, 3.63) is 59.7 Å². The van der Waals surface area contributed by atoms with E-state index in [-0.39, 0.29) is 0 Å². The molecular weight excluding hydrogens is 332 g/mol. The highest BCUT2D eigenvalue weighted by atomic mass is 35.6. The average Bonchev–Trinajstić information content (AvgIpc) is 2.90. The lowest BCUT2D eigenvalue weighted by atomic mass is 9.97. The van der Waals surface area contributed by atoms with Crippen molar-refractivity contribution in [2.45, 2.75) is 38.3 Å². The van der Waals surface area contributed by atoms with Crippen LogP contribution in [0.4, 0.5) is 0 Å². The first-order chi connectivity index (χ1) is 10.7. The highest BCUT2D eigenvalue weighted by Gasteiger charge is 2.33. The molecule has 120 valence electrons. The van der Waals surface area contributed by atoms with Crippen LogP contribution in [0.2, 0.25) is 32.7 Å². The van der Waals surface area contributed by atoms with Crippen molar-refractivity contribution in [1.82, 2.24) is 0 Å². The lowest BCUT2D eigenvalue weighted by Crippen LogP contribution is -2.37. The summed E-state index contributed by atoms with van der Waals surface area (Å²) in [5, 5.41) is 1.51. The van der Waals surface area contributed by atoms with Gasteiger partial charge in [0.2, 0.25) is 0 Å². The van der Waals surface area contributed by atoms with Crippen LogP contribution in [0, 0.1) is 0 Å². The zero-order valence-electron chi connectivity index (χ0n) is 14.7. The second kappa shape index (κ2) is 5.76. The van der Waals surface area contributed by atoms with E-state index in [1.54, 1.807) is 0 Å². The Labute approximate surface area is 146 Å². The van der Waals surface area contributed by atoms with E-state index in [0.717, 1.165) is 0 Å². The fourth-order valence-electron chi connectivity index (χ4n) is 3.34. The quantitative estimate of drug-likeness (QED) is 0.467. The van der Waals surface area contributed by atoms with Gasteiger partial charge in [-0.1, -0.05) is 92.5 Å². The molecule has 0 aromatic heterocycles. The summed E-state index contributed by atoms with van der Waals surface area (Å²) in [6, 6.07) is 15.9. The van der Waals surface area contributed by atoms with Crippen molar-refractivity contribution in [3.63, 3.8) is 0 Å². The highest BCUT2D eigenvalue weighted by Crippen LogP contribution is 2.42. The summed E-state index contributed by atoms with van der Waals surface area (Å²) < 4.78 is 0. The van der Waals surface area contributed by atoms with E-state index in [1.165, 1.54) is 27.4 Å². The van der Waals surface area contributed by atoms with E-state index in [1.807, 2.05) is 0 Å². The molecule has 2 aromatic carbocycles. The third kappa shape index (κ3) is 3.26. The number of fused-ring (bicyclic) bond motifs is 1. The van der Waals surface area contributed by atoms with Crippen LogP contribution in [0.5, 0.6) is 0 Å². The van der Waals surface area contributed by atoms with Gasteiger partial charge in [0.05, 0.1) is 8.07 Å². The van der Waals surface area contributed by atoms with Gasteiger partial charge in [0, 0.05) is 5.54 Å². The molecule has 3 rings (SSSR count). The molecule has 1 unspecified atom stereocenters. The molecule has 1 aliphatic rings. The molecule has 23 heavy (non-hydrogen) atoms. The fraction of sp³-hybridized carbons (Fsp3) is 0.300. The molecule has 0 saturated carbocycles. The van der Waals surface area contributed by atoms with Gasteiger partial charge in [-0.25, -0.2) is 0 Å². The maximum Gasteiger partial charge on any atom is 0.161 e. The minimum atomic E-state index is -1.74. The third-order valence-corrected chi connectivity index (χ3v) is 9.48. The Morgan fingerprint density at radius 3 is 2.09 bits per heavy atom. The first kappa shape index (κ1) is 16.8. The van der Waals surface area contributed by atoms with Gasteiger partial charge in [-0.15, -0.1) is 0 Å². The minimum absolute atomic E-state index is 0.417. The van der Waals surface area contributed by atoms with Gasteiger partial charge in [-0.05, 0) is 22.3 Å². The number of rotatable bonds is 3. The molecule has 0 N–H and O–H groups in total. The van der Waals surface area contributed by atoms with Gasteiger partial charge in [0.15, 0.2) is 7.38 Å². The number of benzene rings is 2. The second-order valence-electron chi connectivity index (χ2n) is 8.04. The van der Waals surface area contributed by atoms with Crippen LogP contribution in [-0.4, -0.2) is 15.5 Å². The molecule has 1 aliphatic carbocycles. The van der Waals surface area contributed by atoms with Crippen molar-refractivity contribution in [2.75, 3.05) is 0 Å². The molecular formula is C20H25ClSi2. The van der Waals surface area contributed by atoms with Gasteiger partial charge in [-0.3, -0.25) is 0 Å². The summed E-state index contributed by atoms with van der Waals surface area (Å²) >= 11 is 6.73. The first-order valence-corrected chi connectivity index (χ1v) is 15.9. The number of hydrogen-bond donors (Lipinski definition) is 0. The number of hydrogen-bond acceptors (Lipinski definition) is 0. The summed E-state index contributed by atoms with van der Waals surface area (Å²) in [6.07, 6.45) is 4.59. The zero-order valence-corrected chi connectivity index (χ0v) is 17.4. The van der Waals surface area contributed by atoms with Gasteiger partial charge < -0.3 is 0 Å². The van der Waals surface area contributed by atoms with Crippen LogP contribution in [0.15, 0.2) is 48.5 Å². The Bertz CT molecular complexity index is 747. The highest BCUT2D eigenvalue weighted by molar-refractivity contribution is 7.20. The van der Waals surface area contributed by atoms with Crippen LogP contribution < -0.4 is 5.19 Å². The molecule has 0 nitrogen and oxygen atoms in total. The standard InChI is InChI=1S/C20H25ClSi2/c1-22(2,3)16-11-9-15(10-12-16)17-7-6-8-19-18(17)13-14-20(19)23(4,5)21/h6-14,20H,1-5H3. The molecule has 0 amide bonds. The van der Waals surface area contributed by atoms with Gasteiger partial charge >= 0.3 is 0 Å². The smallest absolute Gasteiger partial charge is 0.161 e. The Morgan fingerprint density at radius 2 is 1.52 bits per heavy atom. The molecule has 1 atom stereocenters. The summed E-state index contributed by atoms with van der Waals surface area (Å²) in [5.41, 5.74) is 5.82. The van der Waals surface area contributed by atoms with Gasteiger partial charge in [0.25, 0.3) is 0 Å². The Morgan fingerprint density at radius 1 is 0.870 bits per heavy atom. The molecule has 3 heteroatoms. The predicted molar refractivity (Wildman–Crippen MR) is 110 cm³/mol. The van der Waals surface area contributed by atoms with Crippen LogP contribution in [0.3, 0.4) is 0 Å². The van der Waals surface area contributed by atoms with E-state index in [2.05, 4.69) is 87.4 Å². The molecule has 0 spiro atoms. The number of allylic oxidation sites excluding steroid dienone is 1. The fourth-order valence-corrected chi connectivity index (χ4v) is 6.62. The van der Waals surface area contributed by atoms with Crippen LogP contribution in [-0.2, 0) is 0 Å². The first-order valence-electron chi connectivity index (χ1n) is 8.29. The monoisotopic (exact) mass is 356 g/mol. The lowest BCUT2D eigenvalue weighted by Gasteiger charge is -2.22. The Hall–Kier alpha value is -1.10.